The molecule has 1 aromatic heterocycles. The van der Waals surface area contributed by atoms with Crippen LogP contribution in [0.5, 0.6) is 0 Å². The van der Waals surface area contributed by atoms with Gasteiger partial charge in [0.25, 0.3) is 5.91 Å². The number of nitrogens with two attached hydrogens (primary N) is 1. The topological polar surface area (TPSA) is 97.1 Å². The van der Waals surface area contributed by atoms with E-state index in [-0.39, 0.29) is 23.7 Å². The monoisotopic (exact) mass is 213 g/mol. The summed E-state index contributed by atoms with van der Waals surface area (Å²) < 4.78 is 4.95. The number of rotatable bonds is 4. The third-order valence-electron chi connectivity index (χ3n) is 2.09. The largest absolute Gasteiger partial charge is 0.383 e. The Kier molecular flexibility index (Phi) is 3.62. The first-order chi connectivity index (χ1) is 7.06. The highest BCUT2D eigenvalue weighted by Gasteiger charge is 2.20. The molecular weight excluding hydrogens is 198 g/mol. The lowest BCUT2D eigenvalue weighted by Crippen LogP contribution is -2.38. The number of hydrogen-bond acceptors (Lipinski definition) is 5. The summed E-state index contributed by atoms with van der Waals surface area (Å²) in [7, 11) is 3.26. The van der Waals surface area contributed by atoms with E-state index in [1.54, 1.807) is 14.2 Å². The SMILES string of the molecule is COCC(C)N(C)C(=O)c1nc(N)n[nH]1. The van der Waals surface area contributed by atoms with E-state index in [9.17, 15) is 4.79 Å². The van der Waals surface area contributed by atoms with E-state index in [4.69, 9.17) is 10.5 Å². The Hall–Kier alpha value is -1.63. The Labute approximate surface area is 87.6 Å². The Bertz CT molecular complexity index is 338. The van der Waals surface area contributed by atoms with Crippen LogP contribution in [0.4, 0.5) is 5.95 Å². The number of nitrogen functional groups attached to an aromatic ring is 1. The van der Waals surface area contributed by atoms with Gasteiger partial charge in [0, 0.05) is 14.2 Å². The quantitative estimate of drug-likeness (QED) is 0.702. The van der Waals surface area contributed by atoms with E-state index in [0.29, 0.717) is 6.61 Å². The van der Waals surface area contributed by atoms with Crippen molar-refractivity contribution in [3.8, 4) is 0 Å². The number of aromatic nitrogens is 3. The summed E-state index contributed by atoms with van der Waals surface area (Å²) in [5.74, 6) is -0.0622. The van der Waals surface area contributed by atoms with Gasteiger partial charge in [-0.25, -0.2) is 0 Å². The van der Waals surface area contributed by atoms with Gasteiger partial charge in [-0.1, -0.05) is 0 Å². The van der Waals surface area contributed by atoms with Crippen LogP contribution in [0.2, 0.25) is 0 Å². The number of amides is 1. The number of methoxy groups -OCH3 is 1. The van der Waals surface area contributed by atoms with Gasteiger partial charge < -0.3 is 15.4 Å². The number of nitrogens with one attached hydrogen (secondary N) is 1. The van der Waals surface area contributed by atoms with Crippen molar-refractivity contribution >= 4 is 11.9 Å². The van der Waals surface area contributed by atoms with Gasteiger partial charge in [-0.15, -0.1) is 5.10 Å². The van der Waals surface area contributed by atoms with E-state index in [1.807, 2.05) is 6.92 Å². The molecule has 0 aliphatic rings. The van der Waals surface area contributed by atoms with Crippen molar-refractivity contribution < 1.29 is 9.53 Å². The first-order valence-corrected chi connectivity index (χ1v) is 4.50. The Balaban J connectivity index is 2.68. The summed E-state index contributed by atoms with van der Waals surface area (Å²) in [6.45, 7) is 2.34. The van der Waals surface area contributed by atoms with Crippen LogP contribution in [-0.2, 0) is 4.74 Å². The maximum atomic E-state index is 11.8. The van der Waals surface area contributed by atoms with Crippen molar-refractivity contribution in [1.82, 2.24) is 20.1 Å². The van der Waals surface area contributed by atoms with E-state index in [2.05, 4.69) is 15.2 Å². The summed E-state index contributed by atoms with van der Waals surface area (Å²) in [6, 6.07) is -0.0335. The second-order valence-corrected chi connectivity index (χ2v) is 3.26. The molecule has 0 saturated carbocycles. The maximum Gasteiger partial charge on any atom is 0.291 e. The number of aromatic amines is 1. The molecular formula is C8H15N5O2. The number of ether oxygens (including phenoxy) is 1. The van der Waals surface area contributed by atoms with Gasteiger partial charge in [0.05, 0.1) is 12.6 Å². The Morgan fingerprint density at radius 1 is 1.73 bits per heavy atom. The third-order valence-corrected chi connectivity index (χ3v) is 2.09. The van der Waals surface area contributed by atoms with E-state index < -0.39 is 0 Å². The van der Waals surface area contributed by atoms with Gasteiger partial charge in [0.2, 0.25) is 11.8 Å². The zero-order valence-electron chi connectivity index (χ0n) is 9.02. The lowest BCUT2D eigenvalue weighted by atomic mass is 10.3. The second kappa shape index (κ2) is 4.74. The fourth-order valence-electron chi connectivity index (χ4n) is 1.09. The molecule has 15 heavy (non-hydrogen) atoms. The molecule has 7 nitrogen and oxygen atoms in total. The van der Waals surface area contributed by atoms with Crippen LogP contribution in [0.3, 0.4) is 0 Å². The highest BCUT2D eigenvalue weighted by Crippen LogP contribution is 2.03. The molecule has 1 heterocycles. The van der Waals surface area contributed by atoms with Crippen LogP contribution in [0.15, 0.2) is 0 Å². The number of anilines is 1. The normalized spacial score (nSPS) is 12.5. The maximum absolute atomic E-state index is 11.8. The van der Waals surface area contributed by atoms with Crippen LogP contribution in [0.1, 0.15) is 17.5 Å². The van der Waals surface area contributed by atoms with Gasteiger partial charge >= 0.3 is 0 Å². The zero-order chi connectivity index (χ0) is 11.4. The standard InChI is InChI=1S/C8H15N5O2/c1-5(4-15-3)13(2)7(14)6-10-8(9)12-11-6/h5H,4H2,1-3H3,(H3,9,10,11,12). The Morgan fingerprint density at radius 2 is 2.40 bits per heavy atom. The number of carbonyl (C=O) groups is 1. The summed E-state index contributed by atoms with van der Waals surface area (Å²) >= 11 is 0. The summed E-state index contributed by atoms with van der Waals surface area (Å²) in [4.78, 5) is 17.0. The van der Waals surface area contributed by atoms with Crippen LogP contribution < -0.4 is 5.73 Å². The molecule has 7 heteroatoms. The lowest BCUT2D eigenvalue weighted by molar-refractivity contribution is 0.0622. The van der Waals surface area contributed by atoms with Gasteiger partial charge in [-0.2, -0.15) is 4.98 Å². The van der Waals surface area contributed by atoms with Gasteiger partial charge in [0.15, 0.2) is 0 Å². The lowest BCUT2D eigenvalue weighted by Gasteiger charge is -2.22. The van der Waals surface area contributed by atoms with Crippen molar-refractivity contribution in [2.24, 2.45) is 0 Å². The van der Waals surface area contributed by atoms with Crippen LogP contribution in [0, 0.1) is 0 Å². The van der Waals surface area contributed by atoms with Crippen molar-refractivity contribution in [1.29, 1.82) is 0 Å². The molecule has 84 valence electrons. The van der Waals surface area contributed by atoms with Gasteiger partial charge in [-0.3, -0.25) is 9.89 Å². The molecule has 3 N–H and O–H groups in total. The third kappa shape index (κ3) is 2.66. The summed E-state index contributed by atoms with van der Waals surface area (Å²) in [5, 5.41) is 6.05. The van der Waals surface area contributed by atoms with Gasteiger partial charge in [0.1, 0.15) is 0 Å². The molecule has 0 aliphatic heterocycles. The molecule has 1 atom stereocenters. The minimum absolute atomic E-state index is 0.0335. The fraction of sp³-hybridized carbons (Fsp3) is 0.625. The van der Waals surface area contributed by atoms with Crippen molar-refractivity contribution in [2.45, 2.75) is 13.0 Å². The van der Waals surface area contributed by atoms with E-state index >= 15 is 0 Å². The first kappa shape index (κ1) is 11.4. The fourth-order valence-corrected chi connectivity index (χ4v) is 1.09. The predicted molar refractivity (Wildman–Crippen MR) is 54.2 cm³/mol. The van der Waals surface area contributed by atoms with Gasteiger partial charge in [-0.05, 0) is 6.92 Å². The summed E-state index contributed by atoms with van der Waals surface area (Å²) in [6.07, 6.45) is 0. The first-order valence-electron chi connectivity index (χ1n) is 4.50. The highest BCUT2D eigenvalue weighted by atomic mass is 16.5. The average molecular weight is 213 g/mol. The number of nitrogens with zero attached hydrogens (tertiary/aromatic N) is 3. The number of H-pyrrole nitrogens is 1. The summed E-state index contributed by atoms with van der Waals surface area (Å²) in [5.41, 5.74) is 5.30. The van der Waals surface area contributed by atoms with Crippen molar-refractivity contribution in [2.75, 3.05) is 26.5 Å². The second-order valence-electron chi connectivity index (χ2n) is 3.26. The van der Waals surface area contributed by atoms with Crippen molar-refractivity contribution in [3.05, 3.63) is 5.82 Å². The molecule has 0 aliphatic carbocycles. The van der Waals surface area contributed by atoms with Crippen LogP contribution in [-0.4, -0.2) is 52.8 Å². The highest BCUT2D eigenvalue weighted by molar-refractivity contribution is 5.90. The minimum Gasteiger partial charge on any atom is -0.383 e. The molecule has 0 radical (unpaired) electrons. The smallest absolute Gasteiger partial charge is 0.291 e. The van der Waals surface area contributed by atoms with Crippen LogP contribution in [0.25, 0.3) is 0 Å². The molecule has 0 spiro atoms. The average Bonchev–Trinajstić information content (AvgIpc) is 2.63. The minimum atomic E-state index is -0.260. The zero-order valence-corrected chi connectivity index (χ0v) is 9.02. The van der Waals surface area contributed by atoms with Crippen LogP contribution >= 0.6 is 0 Å². The molecule has 1 aromatic rings. The Morgan fingerprint density at radius 3 is 2.87 bits per heavy atom. The predicted octanol–water partition coefficient (Wildman–Crippen LogP) is -0.506. The number of carbonyl (C=O) groups excluding carboxylic acids is 1. The molecule has 0 aromatic carbocycles. The van der Waals surface area contributed by atoms with E-state index in [1.165, 1.54) is 4.90 Å². The molecule has 1 rings (SSSR count). The molecule has 0 bridgehead atoms. The van der Waals surface area contributed by atoms with E-state index in [0.717, 1.165) is 0 Å². The molecule has 0 fully saturated rings. The molecule has 0 saturated heterocycles. The number of likely N-dealkylation sites (N-methyl/N-ethyl adjacent to an activating group) is 1. The molecule has 1 unspecified atom stereocenters. The molecule has 1 amide bonds. The number of hydrogen-bond donors (Lipinski definition) is 2. The van der Waals surface area contributed by atoms with Crippen molar-refractivity contribution in [3.63, 3.8) is 0 Å².